The molecule has 186 valence electrons. The standard InChI is InChI=1S/C29H40O5/c1-22-13-16-29(33-27(22)15-18-31-19-24-7-5-4-6-8-24)17-14-23(2)28(34-29)21-32-20-25-9-11-26(30-3)12-10-25/h4-12,22-23,27-28H,13-21H2,1-3H3/t22-,23-,27+,28-,29+/m0/s1. The third-order valence-electron chi connectivity index (χ3n) is 7.33. The molecule has 2 aliphatic heterocycles. The quantitative estimate of drug-likeness (QED) is 0.392. The maximum absolute atomic E-state index is 6.68. The van der Waals surface area contributed by atoms with E-state index in [-0.39, 0.29) is 12.2 Å². The molecule has 5 atom stereocenters. The molecule has 0 bridgehead atoms. The van der Waals surface area contributed by atoms with Gasteiger partial charge in [0, 0.05) is 19.4 Å². The number of rotatable bonds is 10. The zero-order valence-electron chi connectivity index (χ0n) is 20.9. The van der Waals surface area contributed by atoms with Crippen LogP contribution < -0.4 is 4.74 Å². The molecule has 2 heterocycles. The Morgan fingerprint density at radius 1 is 0.794 bits per heavy atom. The first-order valence-electron chi connectivity index (χ1n) is 12.7. The molecule has 2 aliphatic rings. The summed E-state index contributed by atoms with van der Waals surface area (Å²) in [6.45, 7) is 7.05. The second kappa shape index (κ2) is 12.2. The monoisotopic (exact) mass is 468 g/mol. The summed E-state index contributed by atoms with van der Waals surface area (Å²) in [5, 5.41) is 0. The smallest absolute Gasteiger partial charge is 0.169 e. The molecule has 0 amide bonds. The Morgan fingerprint density at radius 2 is 1.41 bits per heavy atom. The highest BCUT2D eigenvalue weighted by molar-refractivity contribution is 5.26. The molecular weight excluding hydrogens is 428 g/mol. The highest BCUT2D eigenvalue weighted by atomic mass is 16.7. The SMILES string of the molecule is COc1ccc(COC[C@@H]2O[C@@]3(CC[C@@H]2C)CC[C@H](C)[C@@H](CCOCc2ccccc2)O3)cc1. The maximum Gasteiger partial charge on any atom is 0.169 e. The third-order valence-corrected chi connectivity index (χ3v) is 7.33. The van der Waals surface area contributed by atoms with Gasteiger partial charge in [0.2, 0.25) is 0 Å². The molecule has 2 saturated heterocycles. The first-order valence-corrected chi connectivity index (χ1v) is 12.7. The lowest BCUT2D eigenvalue weighted by Gasteiger charge is -2.49. The van der Waals surface area contributed by atoms with Gasteiger partial charge < -0.3 is 23.7 Å². The van der Waals surface area contributed by atoms with Crippen molar-refractivity contribution in [2.75, 3.05) is 20.3 Å². The molecular formula is C29H40O5. The van der Waals surface area contributed by atoms with E-state index in [2.05, 4.69) is 26.0 Å². The summed E-state index contributed by atoms with van der Waals surface area (Å²) in [6.07, 6.45) is 5.25. The zero-order valence-corrected chi connectivity index (χ0v) is 20.9. The summed E-state index contributed by atoms with van der Waals surface area (Å²) in [6, 6.07) is 18.3. The van der Waals surface area contributed by atoms with Crippen molar-refractivity contribution < 1.29 is 23.7 Å². The largest absolute Gasteiger partial charge is 0.497 e. The highest BCUT2D eigenvalue weighted by Gasteiger charge is 2.46. The summed E-state index contributed by atoms with van der Waals surface area (Å²) in [7, 11) is 1.68. The molecule has 2 aromatic carbocycles. The van der Waals surface area contributed by atoms with Crippen molar-refractivity contribution in [1.29, 1.82) is 0 Å². The Hall–Kier alpha value is -1.92. The number of hydrogen-bond acceptors (Lipinski definition) is 5. The average Bonchev–Trinajstić information content (AvgIpc) is 2.87. The maximum atomic E-state index is 6.68. The van der Waals surface area contributed by atoms with Gasteiger partial charge >= 0.3 is 0 Å². The van der Waals surface area contributed by atoms with Crippen LogP contribution in [0.2, 0.25) is 0 Å². The van der Waals surface area contributed by atoms with Gasteiger partial charge in [0.15, 0.2) is 5.79 Å². The van der Waals surface area contributed by atoms with E-state index in [9.17, 15) is 0 Å². The van der Waals surface area contributed by atoms with E-state index in [0.717, 1.165) is 43.4 Å². The second-order valence-corrected chi connectivity index (χ2v) is 9.95. The molecule has 4 rings (SSSR count). The lowest BCUT2D eigenvalue weighted by Crippen LogP contribution is -2.53. The van der Waals surface area contributed by atoms with Gasteiger partial charge in [-0.1, -0.05) is 56.3 Å². The predicted molar refractivity (Wildman–Crippen MR) is 133 cm³/mol. The Bertz CT molecular complexity index is 851. The normalized spacial score (nSPS) is 29.3. The Kier molecular flexibility index (Phi) is 9.01. The second-order valence-electron chi connectivity index (χ2n) is 9.95. The molecule has 5 heteroatoms. The van der Waals surface area contributed by atoms with Crippen LogP contribution >= 0.6 is 0 Å². The summed E-state index contributed by atoms with van der Waals surface area (Å²) in [4.78, 5) is 0. The lowest BCUT2D eigenvalue weighted by molar-refractivity contribution is -0.336. The van der Waals surface area contributed by atoms with Gasteiger partial charge in [-0.2, -0.15) is 0 Å². The lowest BCUT2D eigenvalue weighted by atomic mass is 9.84. The molecule has 0 radical (unpaired) electrons. The van der Waals surface area contributed by atoms with E-state index in [1.165, 1.54) is 5.56 Å². The van der Waals surface area contributed by atoms with Gasteiger partial charge in [-0.05, 0) is 54.4 Å². The van der Waals surface area contributed by atoms with E-state index in [0.29, 0.717) is 38.3 Å². The molecule has 0 unspecified atom stereocenters. The number of hydrogen-bond donors (Lipinski definition) is 0. The molecule has 34 heavy (non-hydrogen) atoms. The van der Waals surface area contributed by atoms with Gasteiger partial charge in [-0.3, -0.25) is 0 Å². The van der Waals surface area contributed by atoms with Crippen LogP contribution in [0.4, 0.5) is 0 Å². The fourth-order valence-corrected chi connectivity index (χ4v) is 4.96. The molecule has 5 nitrogen and oxygen atoms in total. The average molecular weight is 469 g/mol. The third kappa shape index (κ3) is 6.82. The van der Waals surface area contributed by atoms with Crippen molar-refractivity contribution in [2.45, 2.75) is 77.2 Å². The minimum atomic E-state index is -0.475. The molecule has 0 aliphatic carbocycles. The Balaban J connectivity index is 1.25. The molecule has 2 fully saturated rings. The zero-order chi connectivity index (χ0) is 23.8. The van der Waals surface area contributed by atoms with Crippen molar-refractivity contribution in [3.63, 3.8) is 0 Å². The van der Waals surface area contributed by atoms with Gasteiger partial charge in [0.05, 0.1) is 39.1 Å². The van der Waals surface area contributed by atoms with E-state index in [4.69, 9.17) is 23.7 Å². The van der Waals surface area contributed by atoms with E-state index >= 15 is 0 Å². The van der Waals surface area contributed by atoms with Crippen LogP contribution in [0.5, 0.6) is 5.75 Å². The molecule has 0 N–H and O–H groups in total. The predicted octanol–water partition coefficient (Wildman–Crippen LogP) is 6.15. The van der Waals surface area contributed by atoms with E-state index in [1.807, 2.05) is 42.5 Å². The van der Waals surface area contributed by atoms with Crippen LogP contribution in [-0.2, 0) is 32.2 Å². The summed E-state index contributed by atoms with van der Waals surface area (Å²) in [5.41, 5.74) is 2.34. The van der Waals surface area contributed by atoms with Crippen LogP contribution in [0.15, 0.2) is 54.6 Å². The minimum Gasteiger partial charge on any atom is -0.497 e. The van der Waals surface area contributed by atoms with Crippen LogP contribution in [0.1, 0.15) is 57.1 Å². The van der Waals surface area contributed by atoms with Gasteiger partial charge in [-0.15, -0.1) is 0 Å². The molecule has 1 spiro atoms. The first kappa shape index (κ1) is 25.2. The summed E-state index contributed by atoms with van der Waals surface area (Å²) < 4.78 is 30.6. The van der Waals surface area contributed by atoms with E-state index in [1.54, 1.807) is 7.11 Å². The van der Waals surface area contributed by atoms with Crippen molar-refractivity contribution in [3.8, 4) is 5.75 Å². The van der Waals surface area contributed by atoms with Crippen LogP contribution in [0.3, 0.4) is 0 Å². The molecule has 0 aromatic heterocycles. The number of ether oxygens (including phenoxy) is 5. The topological polar surface area (TPSA) is 46.2 Å². The Labute approximate surface area is 204 Å². The number of benzene rings is 2. The Morgan fingerprint density at radius 3 is 2.12 bits per heavy atom. The van der Waals surface area contributed by atoms with Crippen LogP contribution in [0, 0.1) is 11.8 Å². The van der Waals surface area contributed by atoms with Crippen molar-refractivity contribution in [2.24, 2.45) is 11.8 Å². The highest BCUT2D eigenvalue weighted by Crippen LogP contribution is 2.43. The van der Waals surface area contributed by atoms with Crippen molar-refractivity contribution in [3.05, 3.63) is 65.7 Å². The molecule has 2 aromatic rings. The fourth-order valence-electron chi connectivity index (χ4n) is 4.96. The van der Waals surface area contributed by atoms with E-state index < -0.39 is 5.79 Å². The van der Waals surface area contributed by atoms with Crippen LogP contribution in [0.25, 0.3) is 0 Å². The first-order chi connectivity index (χ1) is 16.6. The van der Waals surface area contributed by atoms with Crippen molar-refractivity contribution in [1.82, 2.24) is 0 Å². The van der Waals surface area contributed by atoms with Gasteiger partial charge in [0.25, 0.3) is 0 Å². The van der Waals surface area contributed by atoms with Gasteiger partial charge in [-0.25, -0.2) is 0 Å². The molecule has 0 saturated carbocycles. The number of methoxy groups -OCH3 is 1. The van der Waals surface area contributed by atoms with Gasteiger partial charge in [0.1, 0.15) is 5.75 Å². The fraction of sp³-hybridized carbons (Fsp3) is 0.586. The summed E-state index contributed by atoms with van der Waals surface area (Å²) in [5.74, 6) is 1.35. The summed E-state index contributed by atoms with van der Waals surface area (Å²) >= 11 is 0. The van der Waals surface area contributed by atoms with Crippen LogP contribution in [-0.4, -0.2) is 38.3 Å². The van der Waals surface area contributed by atoms with Crippen molar-refractivity contribution >= 4 is 0 Å². The minimum absolute atomic E-state index is 0.0513.